The van der Waals surface area contributed by atoms with Gasteiger partial charge in [0.1, 0.15) is 11.5 Å². The molecule has 2 aromatic heterocycles. The van der Waals surface area contributed by atoms with Crippen molar-refractivity contribution in [1.82, 2.24) is 9.97 Å². The summed E-state index contributed by atoms with van der Waals surface area (Å²) in [4.78, 5) is 6.89. The lowest BCUT2D eigenvalue weighted by molar-refractivity contribution is -0.254. The Morgan fingerprint density at radius 1 is 1.00 bits per heavy atom. The molecule has 13 heteroatoms. The van der Waals surface area contributed by atoms with E-state index in [1.165, 1.54) is 12.1 Å². The van der Waals surface area contributed by atoms with Crippen molar-refractivity contribution < 1.29 is 40.3 Å². The van der Waals surface area contributed by atoms with Crippen LogP contribution in [0.4, 0.5) is 36.7 Å². The molecule has 1 aromatic carbocycles. The van der Waals surface area contributed by atoms with Crippen molar-refractivity contribution in [2.75, 3.05) is 5.01 Å². The summed E-state index contributed by atoms with van der Waals surface area (Å²) in [6, 6.07) is 7.25. The first-order valence-electron chi connectivity index (χ1n) is 8.81. The summed E-state index contributed by atoms with van der Waals surface area (Å²) in [6.45, 7) is 0. The third-order valence-electron chi connectivity index (χ3n) is 4.58. The SMILES string of the molecule is OC1(C(F)(F)F)CC(c2ccc(F)cc2)=NN1c1nc(-c2ccco2)cc(C(F)(F)F)n1. The van der Waals surface area contributed by atoms with Crippen molar-refractivity contribution in [1.29, 1.82) is 0 Å². The standard InChI is InChI=1S/C19H11F7N4O2/c20-11-5-3-10(4-6-11)13-9-17(31,19(24,25)26)30(29-13)16-27-12(14-2-1-7-32-14)8-15(28-16)18(21,22)23/h1-8,31H,9H2. The Labute approximate surface area is 174 Å². The Balaban J connectivity index is 1.89. The van der Waals surface area contributed by atoms with Crippen LogP contribution in [0.1, 0.15) is 17.7 Å². The number of benzene rings is 1. The summed E-state index contributed by atoms with van der Waals surface area (Å²) < 4.78 is 99.8. The van der Waals surface area contributed by atoms with E-state index in [1.54, 1.807) is 0 Å². The summed E-state index contributed by atoms with van der Waals surface area (Å²) >= 11 is 0. The first-order valence-corrected chi connectivity index (χ1v) is 8.81. The van der Waals surface area contributed by atoms with Crippen molar-refractivity contribution >= 4 is 11.7 Å². The van der Waals surface area contributed by atoms with Gasteiger partial charge in [-0.3, -0.25) is 0 Å². The van der Waals surface area contributed by atoms with E-state index in [4.69, 9.17) is 4.42 Å². The second-order valence-corrected chi connectivity index (χ2v) is 6.77. The highest BCUT2D eigenvalue weighted by atomic mass is 19.4. The molecule has 0 saturated heterocycles. The van der Waals surface area contributed by atoms with Crippen LogP contribution in [-0.2, 0) is 6.18 Å². The van der Waals surface area contributed by atoms with Gasteiger partial charge in [0.25, 0.3) is 5.72 Å². The van der Waals surface area contributed by atoms with Crippen molar-refractivity contribution in [2.24, 2.45) is 5.10 Å². The number of aromatic nitrogens is 2. The second kappa shape index (κ2) is 7.29. The molecule has 3 heterocycles. The molecule has 0 saturated carbocycles. The molecular weight excluding hydrogens is 449 g/mol. The molecule has 1 aliphatic rings. The van der Waals surface area contributed by atoms with Crippen LogP contribution < -0.4 is 5.01 Å². The fraction of sp³-hybridized carbons (Fsp3) is 0.211. The average Bonchev–Trinajstić information content (AvgIpc) is 3.36. The zero-order valence-corrected chi connectivity index (χ0v) is 15.6. The van der Waals surface area contributed by atoms with Crippen LogP contribution in [0, 0.1) is 5.82 Å². The molecule has 168 valence electrons. The first kappa shape index (κ1) is 21.7. The summed E-state index contributed by atoms with van der Waals surface area (Å²) in [5, 5.41) is 14.0. The topological polar surface area (TPSA) is 74.8 Å². The van der Waals surface area contributed by atoms with Gasteiger partial charge in [-0.15, -0.1) is 0 Å². The fourth-order valence-corrected chi connectivity index (χ4v) is 3.00. The van der Waals surface area contributed by atoms with Crippen molar-refractivity contribution in [2.45, 2.75) is 24.5 Å². The molecule has 0 radical (unpaired) electrons. The number of aliphatic hydroxyl groups is 1. The van der Waals surface area contributed by atoms with E-state index in [1.807, 2.05) is 0 Å². The quantitative estimate of drug-likeness (QED) is 0.571. The molecule has 0 amide bonds. The van der Waals surface area contributed by atoms with Gasteiger partial charge in [0.15, 0.2) is 11.5 Å². The van der Waals surface area contributed by atoms with E-state index in [9.17, 15) is 35.8 Å². The van der Waals surface area contributed by atoms with Crippen LogP contribution in [0.2, 0.25) is 0 Å². The Morgan fingerprint density at radius 2 is 1.69 bits per heavy atom. The number of hydrogen-bond donors (Lipinski definition) is 1. The van der Waals surface area contributed by atoms with E-state index in [2.05, 4.69) is 15.1 Å². The summed E-state index contributed by atoms with van der Waals surface area (Å²) in [5.41, 5.74) is -6.12. The molecule has 1 atom stereocenters. The highest BCUT2D eigenvalue weighted by molar-refractivity contribution is 6.03. The van der Waals surface area contributed by atoms with E-state index in [0.29, 0.717) is 6.07 Å². The Hall–Kier alpha value is -3.48. The molecule has 4 rings (SSSR count). The molecule has 6 nitrogen and oxygen atoms in total. The molecule has 1 aliphatic heterocycles. The zero-order valence-electron chi connectivity index (χ0n) is 15.6. The maximum absolute atomic E-state index is 13.8. The number of hydrogen-bond acceptors (Lipinski definition) is 6. The monoisotopic (exact) mass is 460 g/mol. The third kappa shape index (κ3) is 3.79. The van der Waals surface area contributed by atoms with E-state index < -0.39 is 47.7 Å². The smallest absolute Gasteiger partial charge is 0.438 e. The molecule has 1 N–H and O–H groups in total. The van der Waals surface area contributed by atoms with Crippen LogP contribution in [0.5, 0.6) is 0 Å². The molecule has 0 spiro atoms. The van der Waals surface area contributed by atoms with Gasteiger partial charge in [0.2, 0.25) is 5.95 Å². The van der Waals surface area contributed by atoms with Gasteiger partial charge in [-0.1, -0.05) is 12.1 Å². The molecule has 32 heavy (non-hydrogen) atoms. The predicted molar refractivity (Wildman–Crippen MR) is 95.8 cm³/mol. The average molecular weight is 460 g/mol. The zero-order chi connectivity index (χ0) is 23.3. The van der Waals surface area contributed by atoms with Gasteiger partial charge in [0.05, 0.1) is 18.4 Å². The first-order chi connectivity index (χ1) is 14.9. The minimum atomic E-state index is -5.36. The molecule has 1 unspecified atom stereocenters. The van der Waals surface area contributed by atoms with Crippen LogP contribution in [0.25, 0.3) is 11.5 Å². The predicted octanol–water partition coefficient (Wildman–Crippen LogP) is 4.76. The van der Waals surface area contributed by atoms with E-state index >= 15 is 0 Å². The Morgan fingerprint density at radius 3 is 2.25 bits per heavy atom. The normalized spacial score (nSPS) is 19.4. The molecular formula is C19H11F7N4O2. The number of nitrogens with zero attached hydrogens (tertiary/aromatic N) is 4. The van der Waals surface area contributed by atoms with Crippen LogP contribution in [-0.4, -0.2) is 32.7 Å². The Bertz CT molecular complexity index is 1160. The van der Waals surface area contributed by atoms with Crippen molar-refractivity contribution in [3.8, 4) is 11.5 Å². The van der Waals surface area contributed by atoms with Crippen LogP contribution >= 0.6 is 0 Å². The molecule has 3 aromatic rings. The summed E-state index contributed by atoms with van der Waals surface area (Å²) in [6.07, 6.45) is -10.4. The summed E-state index contributed by atoms with van der Waals surface area (Å²) in [5.74, 6) is -1.99. The van der Waals surface area contributed by atoms with E-state index in [-0.39, 0.29) is 22.0 Å². The number of hydrazone groups is 1. The van der Waals surface area contributed by atoms with Gasteiger partial charge in [-0.25, -0.2) is 14.4 Å². The van der Waals surface area contributed by atoms with Gasteiger partial charge >= 0.3 is 12.4 Å². The molecule has 0 bridgehead atoms. The largest absolute Gasteiger partial charge is 0.463 e. The lowest BCUT2D eigenvalue weighted by Gasteiger charge is -2.32. The van der Waals surface area contributed by atoms with Gasteiger partial charge in [-0.2, -0.15) is 36.5 Å². The lowest BCUT2D eigenvalue weighted by atomic mass is 10.0. The van der Waals surface area contributed by atoms with Gasteiger partial charge < -0.3 is 9.52 Å². The van der Waals surface area contributed by atoms with Crippen LogP contribution in [0.15, 0.2) is 58.2 Å². The van der Waals surface area contributed by atoms with Crippen molar-refractivity contribution in [3.63, 3.8) is 0 Å². The number of halogens is 7. The maximum atomic E-state index is 13.8. The fourth-order valence-electron chi connectivity index (χ4n) is 3.00. The van der Waals surface area contributed by atoms with E-state index in [0.717, 1.165) is 30.5 Å². The van der Waals surface area contributed by atoms with Gasteiger partial charge in [0, 0.05) is 0 Å². The minimum absolute atomic E-state index is 0.0230. The third-order valence-corrected chi connectivity index (χ3v) is 4.58. The summed E-state index contributed by atoms with van der Waals surface area (Å²) in [7, 11) is 0. The Kier molecular flexibility index (Phi) is 4.95. The number of furan rings is 1. The number of rotatable bonds is 3. The lowest BCUT2D eigenvalue weighted by Crippen LogP contribution is -2.55. The van der Waals surface area contributed by atoms with Crippen LogP contribution in [0.3, 0.4) is 0 Å². The highest BCUT2D eigenvalue weighted by Gasteiger charge is 2.63. The number of anilines is 1. The van der Waals surface area contributed by atoms with Gasteiger partial charge in [-0.05, 0) is 35.9 Å². The minimum Gasteiger partial charge on any atom is -0.463 e. The highest BCUT2D eigenvalue weighted by Crippen LogP contribution is 2.43. The molecule has 0 fully saturated rings. The number of alkyl halides is 6. The molecule has 0 aliphatic carbocycles. The maximum Gasteiger partial charge on any atom is 0.438 e. The van der Waals surface area contributed by atoms with Crippen molar-refractivity contribution in [3.05, 3.63) is 65.8 Å². The second-order valence-electron chi connectivity index (χ2n) is 6.77.